The minimum atomic E-state index is -3.88. The van der Waals surface area contributed by atoms with Crippen molar-refractivity contribution in [2.75, 3.05) is 10.8 Å². The van der Waals surface area contributed by atoms with Crippen LogP contribution in [0.1, 0.15) is 6.92 Å². The van der Waals surface area contributed by atoms with Crippen molar-refractivity contribution in [1.82, 2.24) is 0 Å². The molecule has 0 unspecified atom stereocenters. The lowest BCUT2D eigenvalue weighted by Gasteiger charge is -2.21. The van der Waals surface area contributed by atoms with Gasteiger partial charge in [-0.15, -0.1) is 11.3 Å². The summed E-state index contributed by atoms with van der Waals surface area (Å²) < 4.78 is 26.1. The van der Waals surface area contributed by atoms with Gasteiger partial charge in [0, 0.05) is 12.6 Å². The highest BCUT2D eigenvalue weighted by molar-refractivity contribution is 7.94. The maximum Gasteiger partial charge on any atom is 0.300 e. The first kappa shape index (κ1) is 15.7. The Bertz CT molecular complexity index is 759. The monoisotopic (exact) mass is 346 g/mol. The highest BCUT2D eigenvalue weighted by atomic mass is 35.5. The van der Waals surface area contributed by atoms with E-state index in [1.54, 1.807) is 37.3 Å². The summed E-state index contributed by atoms with van der Waals surface area (Å²) >= 11 is 6.42. The predicted octanol–water partition coefficient (Wildman–Crippen LogP) is 3.52. The van der Waals surface area contributed by atoms with Crippen molar-refractivity contribution in [3.63, 3.8) is 0 Å². The van der Waals surface area contributed by atoms with Crippen LogP contribution in [0, 0.1) is 10.1 Å². The molecule has 0 aliphatic rings. The molecule has 2 rings (SSSR count). The summed E-state index contributed by atoms with van der Waals surface area (Å²) in [7, 11) is -3.88. The Morgan fingerprint density at radius 1 is 1.33 bits per heavy atom. The van der Waals surface area contributed by atoms with Crippen molar-refractivity contribution in [2.45, 2.75) is 11.1 Å². The van der Waals surface area contributed by atoms with Crippen LogP contribution in [0.4, 0.5) is 11.4 Å². The average molecular weight is 347 g/mol. The topological polar surface area (TPSA) is 80.5 Å². The summed E-state index contributed by atoms with van der Waals surface area (Å²) in [5.41, 5.74) is 0.0940. The van der Waals surface area contributed by atoms with Crippen LogP contribution in [0.15, 0.2) is 40.6 Å². The number of rotatable bonds is 5. The second-order valence-electron chi connectivity index (χ2n) is 3.99. The Labute approximate surface area is 130 Å². The van der Waals surface area contributed by atoms with Gasteiger partial charge < -0.3 is 0 Å². The van der Waals surface area contributed by atoms with E-state index in [-0.39, 0.29) is 15.1 Å². The molecule has 0 amide bonds. The van der Waals surface area contributed by atoms with Crippen LogP contribution >= 0.6 is 22.9 Å². The van der Waals surface area contributed by atoms with Gasteiger partial charge >= 0.3 is 0 Å². The van der Waals surface area contributed by atoms with Gasteiger partial charge in [-0.1, -0.05) is 29.8 Å². The zero-order valence-electron chi connectivity index (χ0n) is 10.9. The first-order valence-electron chi connectivity index (χ1n) is 5.89. The number of anilines is 1. The van der Waals surface area contributed by atoms with Crippen LogP contribution in [-0.2, 0) is 10.0 Å². The highest BCUT2D eigenvalue weighted by Crippen LogP contribution is 2.38. The van der Waals surface area contributed by atoms with Crippen molar-refractivity contribution >= 4 is 44.3 Å². The summed E-state index contributed by atoms with van der Waals surface area (Å²) in [6, 6.07) is 9.52. The van der Waals surface area contributed by atoms with Crippen molar-refractivity contribution in [1.29, 1.82) is 0 Å². The second kappa shape index (κ2) is 6.00. The van der Waals surface area contributed by atoms with Crippen LogP contribution in [0.5, 0.6) is 0 Å². The van der Waals surface area contributed by atoms with Gasteiger partial charge in [0.1, 0.15) is 4.21 Å². The van der Waals surface area contributed by atoms with Gasteiger partial charge in [0.2, 0.25) is 0 Å². The Morgan fingerprint density at radius 2 is 1.95 bits per heavy atom. The van der Waals surface area contributed by atoms with Gasteiger partial charge in [-0.05, 0) is 19.1 Å². The maximum absolute atomic E-state index is 12.6. The number of hydrogen-bond acceptors (Lipinski definition) is 5. The van der Waals surface area contributed by atoms with Gasteiger partial charge in [-0.25, -0.2) is 8.42 Å². The van der Waals surface area contributed by atoms with Gasteiger partial charge in [-0.2, -0.15) is 0 Å². The molecule has 9 heteroatoms. The van der Waals surface area contributed by atoms with Gasteiger partial charge in [0.25, 0.3) is 15.7 Å². The summed E-state index contributed by atoms with van der Waals surface area (Å²) in [4.78, 5) is 10.1. The van der Waals surface area contributed by atoms with Crippen LogP contribution < -0.4 is 4.31 Å². The molecule has 1 heterocycles. The van der Waals surface area contributed by atoms with E-state index < -0.39 is 20.6 Å². The number of hydrogen-bond donors (Lipinski definition) is 0. The van der Waals surface area contributed by atoms with Crippen LogP contribution in [0.2, 0.25) is 4.34 Å². The van der Waals surface area contributed by atoms with Gasteiger partial charge in [0.05, 0.1) is 10.6 Å². The molecule has 0 atom stereocenters. The molecule has 0 aliphatic heterocycles. The summed E-state index contributed by atoms with van der Waals surface area (Å²) in [5.74, 6) is 0. The Balaban J connectivity index is 2.50. The molecule has 2 aromatic rings. The third kappa shape index (κ3) is 3.02. The number of sulfonamides is 1. The molecule has 0 spiro atoms. The molecule has 112 valence electrons. The summed E-state index contributed by atoms with van der Waals surface area (Å²) in [5, 5.41) is 10.8. The Hall–Kier alpha value is -1.64. The van der Waals surface area contributed by atoms with Crippen LogP contribution in [0.25, 0.3) is 0 Å². The van der Waals surface area contributed by atoms with E-state index in [2.05, 4.69) is 0 Å². The third-order valence-corrected chi connectivity index (χ3v) is 6.41. The lowest BCUT2D eigenvalue weighted by molar-refractivity contribution is -0.384. The normalized spacial score (nSPS) is 11.3. The molecular weight excluding hydrogens is 336 g/mol. The van der Waals surface area contributed by atoms with Crippen LogP contribution in [0.3, 0.4) is 0 Å². The number of thiophene rings is 1. The number of nitro groups is 1. The number of benzene rings is 1. The number of nitrogens with zero attached hydrogens (tertiary/aromatic N) is 2. The van der Waals surface area contributed by atoms with Crippen molar-refractivity contribution in [2.24, 2.45) is 0 Å². The molecule has 0 aliphatic carbocycles. The largest absolute Gasteiger partial charge is 0.300 e. The zero-order chi connectivity index (χ0) is 15.6. The average Bonchev–Trinajstić information content (AvgIpc) is 2.83. The Kier molecular flexibility index (Phi) is 4.50. The lowest BCUT2D eigenvalue weighted by atomic mass is 10.3. The molecule has 0 bridgehead atoms. The third-order valence-electron chi connectivity index (χ3n) is 2.72. The first-order valence-corrected chi connectivity index (χ1v) is 8.53. The summed E-state index contributed by atoms with van der Waals surface area (Å²) in [6.45, 7) is 1.89. The Morgan fingerprint density at radius 3 is 2.43 bits per heavy atom. The molecule has 0 saturated heterocycles. The van der Waals surface area contributed by atoms with Crippen molar-refractivity contribution in [3.8, 4) is 0 Å². The zero-order valence-corrected chi connectivity index (χ0v) is 13.3. The smallest absolute Gasteiger partial charge is 0.266 e. The molecule has 6 nitrogen and oxygen atoms in total. The minimum Gasteiger partial charge on any atom is -0.266 e. The SMILES string of the molecule is CCN(c1ccccc1)S(=O)(=O)c1cc([N+](=O)[O-])c(Cl)s1. The molecule has 0 radical (unpaired) electrons. The van der Waals surface area contributed by atoms with E-state index in [0.717, 1.165) is 6.07 Å². The standard InChI is InChI=1S/C12H11ClN2O4S2/c1-2-14(9-6-4-3-5-7-9)21(18,19)11-8-10(15(16)17)12(13)20-11/h3-8H,2H2,1H3. The van der Waals surface area contributed by atoms with E-state index >= 15 is 0 Å². The number of para-hydroxylation sites is 1. The quantitative estimate of drug-likeness (QED) is 0.612. The molecular formula is C12H11ClN2O4S2. The van der Waals surface area contributed by atoms with Crippen molar-refractivity contribution in [3.05, 3.63) is 50.8 Å². The van der Waals surface area contributed by atoms with Crippen molar-refractivity contribution < 1.29 is 13.3 Å². The van der Waals surface area contributed by atoms with Gasteiger partial charge in [-0.3, -0.25) is 14.4 Å². The molecule has 0 saturated carbocycles. The number of halogens is 1. The highest BCUT2D eigenvalue weighted by Gasteiger charge is 2.30. The fourth-order valence-corrected chi connectivity index (χ4v) is 5.04. The van der Waals surface area contributed by atoms with Gasteiger partial charge in [0.15, 0.2) is 4.34 Å². The first-order chi connectivity index (χ1) is 9.87. The van der Waals surface area contributed by atoms with E-state index in [1.165, 1.54) is 4.31 Å². The second-order valence-corrected chi connectivity index (χ2v) is 7.73. The van der Waals surface area contributed by atoms with E-state index in [1.807, 2.05) is 0 Å². The lowest BCUT2D eigenvalue weighted by Crippen LogP contribution is -2.30. The minimum absolute atomic E-state index is 0.148. The molecule has 0 fully saturated rings. The molecule has 1 aromatic heterocycles. The van der Waals surface area contributed by atoms with Crippen LogP contribution in [-0.4, -0.2) is 19.9 Å². The predicted molar refractivity (Wildman–Crippen MR) is 82.6 cm³/mol. The maximum atomic E-state index is 12.6. The van der Waals surface area contributed by atoms with E-state index in [0.29, 0.717) is 17.0 Å². The molecule has 0 N–H and O–H groups in total. The van der Waals surface area contributed by atoms with E-state index in [4.69, 9.17) is 11.6 Å². The fourth-order valence-electron chi connectivity index (χ4n) is 1.78. The summed E-state index contributed by atoms with van der Waals surface area (Å²) in [6.07, 6.45) is 0. The van der Waals surface area contributed by atoms with E-state index in [9.17, 15) is 18.5 Å². The fraction of sp³-hybridized carbons (Fsp3) is 0.167. The molecule has 21 heavy (non-hydrogen) atoms. The molecule has 1 aromatic carbocycles.